The maximum atomic E-state index is 12.9. The Morgan fingerprint density at radius 2 is 2.10 bits per heavy atom. The van der Waals surface area contributed by atoms with Crippen LogP contribution in [0, 0.1) is 5.92 Å². The number of fused-ring (bicyclic) bond motifs is 1. The molecule has 8 heteroatoms. The van der Waals surface area contributed by atoms with Crippen molar-refractivity contribution < 1.29 is 19.2 Å². The number of carbonyl (C=O) groups is 4. The molecule has 0 saturated carbocycles. The Morgan fingerprint density at radius 3 is 2.84 bits per heavy atom. The predicted octanol–water partition coefficient (Wildman–Crippen LogP) is 2.07. The van der Waals surface area contributed by atoms with Crippen LogP contribution in [0.15, 0.2) is 42.1 Å². The van der Waals surface area contributed by atoms with Gasteiger partial charge in [-0.1, -0.05) is 31.2 Å². The SMILES string of the molecule is CC1C=CC=C(NC(=O)N(C)Cc2cccc3c2CN(C2CCC(=O)NC2=O)C3=O)C1. The first kappa shape index (κ1) is 20.8. The molecular formula is C23H26N4O4. The molecular weight excluding hydrogens is 396 g/mol. The minimum absolute atomic E-state index is 0.210. The Hall–Kier alpha value is -3.42. The largest absolute Gasteiger partial charge is 0.323 e. The Balaban J connectivity index is 1.46. The highest BCUT2D eigenvalue weighted by Gasteiger charge is 2.39. The summed E-state index contributed by atoms with van der Waals surface area (Å²) in [6, 6.07) is 4.57. The highest BCUT2D eigenvalue weighted by Crippen LogP contribution is 2.30. The molecule has 2 N–H and O–H groups in total. The summed E-state index contributed by atoms with van der Waals surface area (Å²) in [5, 5.41) is 5.27. The third kappa shape index (κ3) is 4.23. The number of carbonyl (C=O) groups excluding carboxylic acids is 4. The van der Waals surface area contributed by atoms with E-state index in [-0.39, 0.29) is 24.3 Å². The fourth-order valence-corrected chi connectivity index (χ4v) is 4.30. The van der Waals surface area contributed by atoms with Gasteiger partial charge in [-0.05, 0) is 42.0 Å². The van der Waals surface area contributed by atoms with Gasteiger partial charge in [-0.2, -0.15) is 0 Å². The van der Waals surface area contributed by atoms with Gasteiger partial charge in [0.15, 0.2) is 0 Å². The van der Waals surface area contributed by atoms with Crippen molar-refractivity contribution >= 4 is 23.8 Å². The first-order valence-electron chi connectivity index (χ1n) is 10.5. The average Bonchev–Trinajstić information content (AvgIpc) is 3.05. The van der Waals surface area contributed by atoms with E-state index in [9.17, 15) is 19.2 Å². The van der Waals surface area contributed by atoms with Gasteiger partial charge in [0.05, 0.1) is 0 Å². The van der Waals surface area contributed by atoms with E-state index in [1.807, 2.05) is 18.2 Å². The molecule has 3 aliphatic rings. The van der Waals surface area contributed by atoms with Crippen LogP contribution in [0.25, 0.3) is 0 Å². The van der Waals surface area contributed by atoms with Crippen molar-refractivity contribution in [2.75, 3.05) is 7.05 Å². The van der Waals surface area contributed by atoms with Crippen molar-refractivity contribution in [3.63, 3.8) is 0 Å². The molecule has 8 nitrogen and oxygen atoms in total. The zero-order valence-electron chi connectivity index (χ0n) is 17.7. The highest BCUT2D eigenvalue weighted by atomic mass is 16.2. The summed E-state index contributed by atoms with van der Waals surface area (Å²) < 4.78 is 0. The average molecular weight is 422 g/mol. The first-order valence-corrected chi connectivity index (χ1v) is 10.5. The number of imide groups is 1. The lowest BCUT2D eigenvalue weighted by Gasteiger charge is -2.29. The summed E-state index contributed by atoms with van der Waals surface area (Å²) in [5.41, 5.74) is 3.11. The summed E-state index contributed by atoms with van der Waals surface area (Å²) >= 11 is 0. The maximum absolute atomic E-state index is 12.9. The maximum Gasteiger partial charge on any atom is 0.321 e. The second-order valence-corrected chi connectivity index (χ2v) is 8.39. The molecule has 5 amide bonds. The van der Waals surface area contributed by atoms with E-state index in [2.05, 4.69) is 23.6 Å². The molecule has 1 aliphatic carbocycles. The Kier molecular flexibility index (Phi) is 5.63. The lowest BCUT2D eigenvalue weighted by molar-refractivity contribution is -0.136. The van der Waals surface area contributed by atoms with Gasteiger partial charge in [-0.15, -0.1) is 0 Å². The van der Waals surface area contributed by atoms with Crippen LogP contribution in [0.5, 0.6) is 0 Å². The van der Waals surface area contributed by atoms with E-state index in [0.29, 0.717) is 31.0 Å². The van der Waals surface area contributed by atoms with Gasteiger partial charge in [0, 0.05) is 37.8 Å². The molecule has 0 radical (unpaired) electrons. The van der Waals surface area contributed by atoms with Crippen LogP contribution in [0.4, 0.5) is 4.79 Å². The summed E-state index contributed by atoms with van der Waals surface area (Å²) in [4.78, 5) is 52.4. The van der Waals surface area contributed by atoms with Crippen LogP contribution in [-0.4, -0.2) is 46.6 Å². The van der Waals surface area contributed by atoms with Crippen molar-refractivity contribution in [3.05, 3.63) is 58.8 Å². The van der Waals surface area contributed by atoms with E-state index in [4.69, 9.17) is 0 Å². The molecule has 1 aromatic rings. The highest BCUT2D eigenvalue weighted by molar-refractivity contribution is 6.05. The standard InChI is InChI=1S/C23H26N4O4/c1-14-5-3-7-16(11-14)24-23(31)26(2)12-15-6-4-8-17-18(15)13-27(22(17)30)19-9-10-20(28)25-21(19)29/h3-8,14,19H,9-13H2,1-2H3,(H,24,31)(H,25,28,29). The number of nitrogens with zero attached hydrogens (tertiary/aromatic N) is 2. The van der Waals surface area contributed by atoms with Crippen molar-refractivity contribution in [2.24, 2.45) is 5.92 Å². The summed E-state index contributed by atoms with van der Waals surface area (Å²) in [6.45, 7) is 2.72. The minimum Gasteiger partial charge on any atom is -0.323 e. The molecule has 2 unspecified atom stereocenters. The Morgan fingerprint density at radius 1 is 1.29 bits per heavy atom. The van der Waals surface area contributed by atoms with E-state index in [1.54, 1.807) is 24.1 Å². The van der Waals surface area contributed by atoms with Crippen LogP contribution < -0.4 is 10.6 Å². The van der Waals surface area contributed by atoms with Gasteiger partial charge in [0.1, 0.15) is 6.04 Å². The second-order valence-electron chi connectivity index (χ2n) is 8.39. The van der Waals surface area contributed by atoms with Crippen LogP contribution in [0.1, 0.15) is 47.7 Å². The van der Waals surface area contributed by atoms with Crippen molar-refractivity contribution in [1.82, 2.24) is 20.4 Å². The Bertz CT molecular complexity index is 1010. The molecule has 2 heterocycles. The topological polar surface area (TPSA) is 98.8 Å². The number of rotatable bonds is 4. The summed E-state index contributed by atoms with van der Waals surface area (Å²) in [7, 11) is 1.71. The lowest BCUT2D eigenvalue weighted by atomic mass is 10.0. The fraction of sp³-hybridized carbons (Fsp3) is 0.391. The molecule has 0 bridgehead atoms. The smallest absolute Gasteiger partial charge is 0.321 e. The number of piperidine rings is 1. The summed E-state index contributed by atoms with van der Waals surface area (Å²) in [5.74, 6) is -0.574. The van der Waals surface area contributed by atoms with Crippen LogP contribution >= 0.6 is 0 Å². The van der Waals surface area contributed by atoms with E-state index in [0.717, 1.165) is 23.2 Å². The van der Waals surface area contributed by atoms with Crippen molar-refractivity contribution in [3.8, 4) is 0 Å². The summed E-state index contributed by atoms with van der Waals surface area (Å²) in [6.07, 6.45) is 7.27. The molecule has 2 atom stereocenters. The minimum atomic E-state index is -0.653. The van der Waals surface area contributed by atoms with Crippen LogP contribution in [0.2, 0.25) is 0 Å². The third-order valence-electron chi connectivity index (χ3n) is 5.98. The van der Waals surface area contributed by atoms with E-state index >= 15 is 0 Å². The van der Waals surface area contributed by atoms with Crippen molar-refractivity contribution in [2.45, 2.75) is 45.3 Å². The number of nitrogens with one attached hydrogen (secondary N) is 2. The lowest BCUT2D eigenvalue weighted by Crippen LogP contribution is -2.52. The zero-order chi connectivity index (χ0) is 22.1. The monoisotopic (exact) mass is 422 g/mol. The predicted molar refractivity (Wildman–Crippen MR) is 113 cm³/mol. The molecule has 1 fully saturated rings. The normalized spacial score (nSPS) is 22.7. The Labute approximate surface area is 181 Å². The van der Waals surface area contributed by atoms with Gasteiger partial charge in [-0.3, -0.25) is 19.7 Å². The molecule has 0 spiro atoms. The van der Waals surface area contributed by atoms with Gasteiger partial charge >= 0.3 is 6.03 Å². The third-order valence-corrected chi connectivity index (χ3v) is 5.98. The van der Waals surface area contributed by atoms with Gasteiger partial charge in [0.25, 0.3) is 5.91 Å². The molecule has 162 valence electrons. The zero-order valence-corrected chi connectivity index (χ0v) is 17.7. The van der Waals surface area contributed by atoms with E-state index in [1.165, 1.54) is 4.90 Å². The van der Waals surface area contributed by atoms with Crippen molar-refractivity contribution in [1.29, 1.82) is 0 Å². The quantitative estimate of drug-likeness (QED) is 0.726. The van der Waals surface area contributed by atoms with Gasteiger partial charge in [-0.25, -0.2) is 4.79 Å². The molecule has 4 rings (SSSR count). The second kappa shape index (κ2) is 8.37. The van der Waals surface area contributed by atoms with E-state index < -0.39 is 11.9 Å². The molecule has 1 saturated heterocycles. The number of hydrogen-bond donors (Lipinski definition) is 2. The fourth-order valence-electron chi connectivity index (χ4n) is 4.30. The van der Waals surface area contributed by atoms with Crippen LogP contribution in [-0.2, 0) is 22.7 Å². The van der Waals surface area contributed by atoms with Crippen LogP contribution in [0.3, 0.4) is 0 Å². The van der Waals surface area contributed by atoms with Gasteiger partial charge < -0.3 is 15.1 Å². The molecule has 2 aliphatic heterocycles. The number of amides is 5. The molecule has 31 heavy (non-hydrogen) atoms. The number of allylic oxidation sites excluding steroid dienone is 4. The first-order chi connectivity index (χ1) is 14.8. The number of hydrogen-bond acceptors (Lipinski definition) is 4. The number of benzene rings is 1. The molecule has 0 aromatic heterocycles. The number of urea groups is 1. The van der Waals surface area contributed by atoms with Gasteiger partial charge in [0.2, 0.25) is 11.8 Å². The molecule has 1 aromatic carbocycles.